The lowest BCUT2D eigenvalue weighted by Crippen LogP contribution is -2.43. The van der Waals surface area contributed by atoms with Crippen LogP contribution in [0.25, 0.3) is 0 Å². The first-order valence-electron chi connectivity index (χ1n) is 6.93. The van der Waals surface area contributed by atoms with E-state index < -0.39 is 0 Å². The predicted octanol–water partition coefficient (Wildman–Crippen LogP) is 2.16. The zero-order valence-electron chi connectivity index (χ0n) is 11.9. The van der Waals surface area contributed by atoms with Crippen LogP contribution in [0.5, 0.6) is 0 Å². The molecule has 20 heavy (non-hydrogen) atoms. The van der Waals surface area contributed by atoms with Gasteiger partial charge in [-0.1, -0.05) is 31.1 Å². The van der Waals surface area contributed by atoms with E-state index in [2.05, 4.69) is 19.0 Å². The summed E-state index contributed by atoms with van der Waals surface area (Å²) >= 11 is 0. The van der Waals surface area contributed by atoms with E-state index in [0.29, 0.717) is 18.0 Å². The molecule has 0 spiro atoms. The van der Waals surface area contributed by atoms with Gasteiger partial charge in [0.05, 0.1) is 6.04 Å². The number of hydrogen-bond acceptors (Lipinski definition) is 3. The van der Waals surface area contributed by atoms with Crippen LogP contribution < -0.4 is 5.73 Å². The highest BCUT2D eigenvalue weighted by atomic mass is 16.4. The van der Waals surface area contributed by atoms with E-state index in [-0.39, 0.29) is 17.8 Å². The standard InChI is InChI=1S/C15H21N3O2/c1-10(2)11-5-7-12(8-6-11)15(19)18-9-3-4-13(18)14(16)17-20/h5-8,10,13,20H,3-4,9H2,1-2H3,(H2,16,17). The third kappa shape index (κ3) is 2.76. The summed E-state index contributed by atoms with van der Waals surface area (Å²) in [6.45, 7) is 4.88. The zero-order chi connectivity index (χ0) is 14.7. The van der Waals surface area contributed by atoms with Crippen LogP contribution in [0.15, 0.2) is 29.4 Å². The van der Waals surface area contributed by atoms with Crippen molar-refractivity contribution < 1.29 is 10.0 Å². The van der Waals surface area contributed by atoms with Crippen LogP contribution in [-0.2, 0) is 0 Å². The Bertz CT molecular complexity index is 508. The molecule has 1 unspecified atom stereocenters. The number of benzene rings is 1. The van der Waals surface area contributed by atoms with Gasteiger partial charge >= 0.3 is 0 Å². The highest BCUT2D eigenvalue weighted by Crippen LogP contribution is 2.21. The molecule has 3 N–H and O–H groups in total. The lowest BCUT2D eigenvalue weighted by atomic mass is 10.0. The molecular weight excluding hydrogens is 254 g/mol. The molecule has 1 saturated heterocycles. The van der Waals surface area contributed by atoms with Crippen molar-refractivity contribution in [1.29, 1.82) is 0 Å². The van der Waals surface area contributed by atoms with Gasteiger partial charge in [-0.05, 0) is 36.5 Å². The maximum absolute atomic E-state index is 12.5. The summed E-state index contributed by atoms with van der Waals surface area (Å²) in [5.74, 6) is 0.486. The molecule has 2 rings (SSSR count). The molecule has 1 aliphatic heterocycles. The van der Waals surface area contributed by atoms with Crippen molar-refractivity contribution in [3.8, 4) is 0 Å². The number of rotatable bonds is 3. The highest BCUT2D eigenvalue weighted by Gasteiger charge is 2.32. The number of hydrogen-bond donors (Lipinski definition) is 2. The molecule has 1 amide bonds. The number of carbonyl (C=O) groups excluding carboxylic acids is 1. The summed E-state index contributed by atoms with van der Waals surface area (Å²) in [7, 11) is 0. The van der Waals surface area contributed by atoms with Crippen LogP contribution in [0.4, 0.5) is 0 Å². The summed E-state index contributed by atoms with van der Waals surface area (Å²) < 4.78 is 0. The average Bonchev–Trinajstić information content (AvgIpc) is 2.95. The molecule has 1 fully saturated rings. The molecule has 1 aromatic rings. The number of carbonyl (C=O) groups is 1. The summed E-state index contributed by atoms with van der Waals surface area (Å²) in [6, 6.07) is 7.36. The van der Waals surface area contributed by atoms with E-state index in [1.165, 1.54) is 5.56 Å². The number of oxime groups is 1. The van der Waals surface area contributed by atoms with Crippen molar-refractivity contribution in [3.05, 3.63) is 35.4 Å². The van der Waals surface area contributed by atoms with Gasteiger partial charge in [-0.15, -0.1) is 0 Å². The van der Waals surface area contributed by atoms with Crippen molar-refractivity contribution in [2.75, 3.05) is 6.54 Å². The van der Waals surface area contributed by atoms with Crippen molar-refractivity contribution >= 4 is 11.7 Å². The average molecular weight is 275 g/mol. The molecule has 0 radical (unpaired) electrons. The van der Waals surface area contributed by atoms with E-state index in [0.717, 1.165) is 12.8 Å². The Morgan fingerprint density at radius 1 is 1.40 bits per heavy atom. The molecule has 5 heteroatoms. The second kappa shape index (κ2) is 5.94. The van der Waals surface area contributed by atoms with Gasteiger partial charge in [0.2, 0.25) is 0 Å². The first-order chi connectivity index (χ1) is 9.54. The largest absolute Gasteiger partial charge is 0.409 e. The normalized spacial score (nSPS) is 19.6. The summed E-state index contributed by atoms with van der Waals surface area (Å²) in [5.41, 5.74) is 7.50. The van der Waals surface area contributed by atoms with Crippen molar-refractivity contribution in [3.63, 3.8) is 0 Å². The maximum atomic E-state index is 12.5. The van der Waals surface area contributed by atoms with Gasteiger partial charge < -0.3 is 15.8 Å². The fourth-order valence-electron chi connectivity index (χ4n) is 2.56. The number of nitrogens with two attached hydrogens (primary N) is 1. The second-order valence-electron chi connectivity index (χ2n) is 5.46. The molecular formula is C15H21N3O2. The molecule has 0 bridgehead atoms. The first-order valence-corrected chi connectivity index (χ1v) is 6.93. The third-order valence-electron chi connectivity index (χ3n) is 3.79. The lowest BCUT2D eigenvalue weighted by Gasteiger charge is -2.23. The fraction of sp³-hybridized carbons (Fsp3) is 0.467. The minimum atomic E-state index is -0.294. The Kier molecular flexibility index (Phi) is 4.27. The minimum Gasteiger partial charge on any atom is -0.409 e. The Morgan fingerprint density at radius 2 is 2.05 bits per heavy atom. The molecule has 1 aromatic carbocycles. The lowest BCUT2D eigenvalue weighted by molar-refractivity contribution is 0.0768. The van der Waals surface area contributed by atoms with Crippen LogP contribution in [0.2, 0.25) is 0 Å². The molecule has 5 nitrogen and oxygen atoms in total. The van der Waals surface area contributed by atoms with E-state index in [1.54, 1.807) is 4.90 Å². The highest BCUT2D eigenvalue weighted by molar-refractivity contribution is 5.98. The van der Waals surface area contributed by atoms with Crippen molar-refractivity contribution in [2.24, 2.45) is 10.9 Å². The van der Waals surface area contributed by atoms with E-state index in [4.69, 9.17) is 10.9 Å². The van der Waals surface area contributed by atoms with E-state index in [1.807, 2.05) is 24.3 Å². The Labute approximate surface area is 119 Å². The van der Waals surface area contributed by atoms with Gasteiger partial charge in [-0.2, -0.15) is 0 Å². The summed E-state index contributed by atoms with van der Waals surface area (Å²) in [5, 5.41) is 11.8. The van der Waals surface area contributed by atoms with E-state index >= 15 is 0 Å². The molecule has 108 valence electrons. The van der Waals surface area contributed by atoms with Gasteiger partial charge in [0, 0.05) is 12.1 Å². The number of likely N-dealkylation sites (tertiary alicyclic amines) is 1. The SMILES string of the molecule is CC(C)c1ccc(C(=O)N2CCCC2C(N)=NO)cc1. The number of amidine groups is 1. The van der Waals surface area contributed by atoms with Crippen LogP contribution in [0.1, 0.15) is 48.5 Å². The van der Waals surface area contributed by atoms with Crippen molar-refractivity contribution in [2.45, 2.75) is 38.6 Å². The molecule has 0 aromatic heterocycles. The van der Waals surface area contributed by atoms with Crippen LogP contribution in [0, 0.1) is 0 Å². The molecule has 0 saturated carbocycles. The summed E-state index contributed by atoms with van der Waals surface area (Å²) in [6.07, 6.45) is 1.61. The van der Waals surface area contributed by atoms with Crippen molar-refractivity contribution in [1.82, 2.24) is 4.90 Å². The molecule has 1 aliphatic rings. The van der Waals surface area contributed by atoms with Crippen LogP contribution >= 0.6 is 0 Å². The Balaban J connectivity index is 2.18. The summed E-state index contributed by atoms with van der Waals surface area (Å²) in [4.78, 5) is 14.2. The van der Waals surface area contributed by atoms with Gasteiger partial charge in [-0.25, -0.2) is 0 Å². The topological polar surface area (TPSA) is 78.9 Å². The Hall–Kier alpha value is -2.04. The second-order valence-corrected chi connectivity index (χ2v) is 5.46. The van der Waals surface area contributed by atoms with Gasteiger partial charge in [0.15, 0.2) is 5.84 Å². The van der Waals surface area contributed by atoms with Gasteiger partial charge in [-0.3, -0.25) is 4.79 Å². The predicted molar refractivity (Wildman–Crippen MR) is 78.0 cm³/mol. The Morgan fingerprint density at radius 3 is 2.60 bits per heavy atom. The molecule has 0 aliphatic carbocycles. The van der Waals surface area contributed by atoms with E-state index in [9.17, 15) is 4.79 Å². The number of nitrogens with zero attached hydrogens (tertiary/aromatic N) is 2. The fourth-order valence-corrected chi connectivity index (χ4v) is 2.56. The first kappa shape index (κ1) is 14.4. The quantitative estimate of drug-likeness (QED) is 0.384. The van der Waals surface area contributed by atoms with Gasteiger partial charge in [0.25, 0.3) is 5.91 Å². The van der Waals surface area contributed by atoms with Crippen LogP contribution in [-0.4, -0.2) is 34.4 Å². The van der Waals surface area contributed by atoms with Gasteiger partial charge in [0.1, 0.15) is 0 Å². The smallest absolute Gasteiger partial charge is 0.254 e. The molecule has 1 atom stereocenters. The zero-order valence-corrected chi connectivity index (χ0v) is 11.9. The minimum absolute atomic E-state index is 0.0607. The monoisotopic (exact) mass is 275 g/mol. The van der Waals surface area contributed by atoms with Crippen LogP contribution in [0.3, 0.4) is 0 Å². The number of amides is 1. The molecule has 1 heterocycles. The maximum Gasteiger partial charge on any atom is 0.254 e. The third-order valence-corrected chi connectivity index (χ3v) is 3.79.